The lowest BCUT2D eigenvalue weighted by Gasteiger charge is -2.40. The Morgan fingerprint density at radius 2 is 1.94 bits per heavy atom. The van der Waals surface area contributed by atoms with Crippen molar-refractivity contribution in [1.29, 1.82) is 5.26 Å². The van der Waals surface area contributed by atoms with Crippen LogP contribution in [0, 0.1) is 24.2 Å². The number of carbonyl (C=O) groups excluding carboxylic acids is 2. The second kappa shape index (κ2) is 8.63. The molecular formula is C24H22FN5O2. The van der Waals surface area contributed by atoms with Crippen LogP contribution >= 0.6 is 0 Å². The quantitative estimate of drug-likeness (QED) is 0.227. The van der Waals surface area contributed by atoms with E-state index in [1.54, 1.807) is 6.07 Å². The van der Waals surface area contributed by atoms with Crippen LogP contribution in [0.1, 0.15) is 28.4 Å². The number of nitrogens with one attached hydrogen (secondary N) is 1. The van der Waals surface area contributed by atoms with E-state index in [2.05, 4.69) is 9.98 Å². The average Bonchev–Trinajstić information content (AvgIpc) is 3.26. The van der Waals surface area contributed by atoms with E-state index < -0.39 is 17.5 Å². The normalized spacial score (nSPS) is 16.8. The Morgan fingerprint density at radius 3 is 2.62 bits per heavy atom. The van der Waals surface area contributed by atoms with Crippen LogP contribution in [0.15, 0.2) is 53.7 Å². The molecule has 1 N–H and O–H groups in total. The summed E-state index contributed by atoms with van der Waals surface area (Å²) in [5.41, 5.74) is 2.15. The standard InChI is InChI=1S/C24H22FN5O2/c1-15-8-9-19(25)20-18(12-27-21(15)20)22(31)24(32)30-11-10-29(13-16(30)2)23(28-14-26)17-6-4-3-5-7-17/h3-9,12,16,27H,10-11,13H2,1-2H3/t16-/m0/s1. The molecule has 1 amide bonds. The summed E-state index contributed by atoms with van der Waals surface area (Å²) in [7, 11) is 0. The minimum absolute atomic E-state index is 0.0387. The van der Waals surface area contributed by atoms with Crippen molar-refractivity contribution in [1.82, 2.24) is 14.8 Å². The van der Waals surface area contributed by atoms with Gasteiger partial charge >= 0.3 is 0 Å². The van der Waals surface area contributed by atoms with Crippen molar-refractivity contribution in [2.24, 2.45) is 4.99 Å². The molecule has 4 rings (SSSR count). The van der Waals surface area contributed by atoms with Gasteiger partial charge in [0.25, 0.3) is 11.7 Å². The predicted molar refractivity (Wildman–Crippen MR) is 119 cm³/mol. The van der Waals surface area contributed by atoms with Gasteiger partial charge in [0.15, 0.2) is 0 Å². The van der Waals surface area contributed by atoms with E-state index >= 15 is 0 Å². The molecule has 1 aromatic heterocycles. The minimum Gasteiger partial charge on any atom is -0.360 e. The first-order chi connectivity index (χ1) is 15.4. The maximum atomic E-state index is 14.4. The summed E-state index contributed by atoms with van der Waals surface area (Å²) >= 11 is 0. The Bertz CT molecular complexity index is 1260. The van der Waals surface area contributed by atoms with Gasteiger partial charge in [-0.05, 0) is 25.5 Å². The number of amides is 1. The molecule has 0 aliphatic carbocycles. The highest BCUT2D eigenvalue weighted by Crippen LogP contribution is 2.26. The number of hydrogen-bond donors (Lipinski definition) is 1. The molecule has 1 aliphatic rings. The number of Topliss-reactive ketones (excluding diaryl/α,β-unsaturated/α-hetero) is 1. The number of benzene rings is 2. The van der Waals surface area contributed by atoms with Crippen LogP contribution in [0.5, 0.6) is 0 Å². The largest absolute Gasteiger partial charge is 0.360 e. The molecule has 3 aromatic rings. The van der Waals surface area contributed by atoms with Crippen LogP contribution < -0.4 is 0 Å². The molecule has 1 atom stereocenters. The Balaban J connectivity index is 1.55. The smallest absolute Gasteiger partial charge is 0.295 e. The van der Waals surface area contributed by atoms with Gasteiger partial charge in [-0.15, -0.1) is 0 Å². The number of hydrogen-bond acceptors (Lipinski definition) is 4. The molecule has 0 unspecified atom stereocenters. The zero-order valence-corrected chi connectivity index (χ0v) is 17.8. The number of rotatable bonds is 3. The van der Waals surface area contributed by atoms with Crippen molar-refractivity contribution in [2.45, 2.75) is 19.9 Å². The second-order valence-corrected chi connectivity index (χ2v) is 7.84. The zero-order chi connectivity index (χ0) is 22.8. The highest BCUT2D eigenvalue weighted by Gasteiger charge is 2.34. The number of H-pyrrole nitrogens is 1. The Hall–Kier alpha value is -3.99. The van der Waals surface area contributed by atoms with E-state index in [1.165, 1.54) is 17.2 Å². The highest BCUT2D eigenvalue weighted by atomic mass is 19.1. The summed E-state index contributed by atoms with van der Waals surface area (Å²) in [5.74, 6) is -1.42. The summed E-state index contributed by atoms with van der Waals surface area (Å²) in [4.78, 5) is 36.4. The van der Waals surface area contributed by atoms with Crippen LogP contribution in [-0.2, 0) is 4.79 Å². The molecule has 0 radical (unpaired) electrons. The van der Waals surface area contributed by atoms with E-state index in [0.717, 1.165) is 11.1 Å². The van der Waals surface area contributed by atoms with Crippen molar-refractivity contribution in [3.05, 3.63) is 71.2 Å². The topological polar surface area (TPSA) is 92.6 Å². The predicted octanol–water partition coefficient (Wildman–Crippen LogP) is 3.26. The monoisotopic (exact) mass is 431 g/mol. The third-order valence-electron chi connectivity index (χ3n) is 5.81. The number of aliphatic imine (C=N–C) groups is 1. The molecule has 162 valence electrons. The number of nitrogens with zero attached hydrogens (tertiary/aromatic N) is 4. The SMILES string of the molecule is Cc1ccc(F)c2c(C(=O)C(=O)N3CCN(C(=NC#N)c4ccccc4)C[C@@H]3C)c[nH]c12. The first-order valence-electron chi connectivity index (χ1n) is 10.3. The summed E-state index contributed by atoms with van der Waals surface area (Å²) in [6.45, 7) is 4.76. The summed E-state index contributed by atoms with van der Waals surface area (Å²) < 4.78 is 14.4. The van der Waals surface area contributed by atoms with Crippen molar-refractivity contribution in [3.63, 3.8) is 0 Å². The van der Waals surface area contributed by atoms with Gasteiger partial charge in [-0.3, -0.25) is 9.59 Å². The highest BCUT2D eigenvalue weighted by molar-refractivity contribution is 6.45. The van der Waals surface area contributed by atoms with E-state index in [0.29, 0.717) is 24.4 Å². The van der Waals surface area contributed by atoms with Crippen LogP contribution in [0.2, 0.25) is 0 Å². The number of halogens is 1. The fourth-order valence-electron chi connectivity index (χ4n) is 4.18. The van der Waals surface area contributed by atoms with E-state index in [4.69, 9.17) is 5.26 Å². The first kappa shape index (κ1) is 21.2. The van der Waals surface area contributed by atoms with Gasteiger partial charge in [0.1, 0.15) is 11.7 Å². The number of ketones is 1. The maximum absolute atomic E-state index is 14.4. The fourth-order valence-corrected chi connectivity index (χ4v) is 4.18. The Labute approximate surface area is 184 Å². The van der Waals surface area contributed by atoms with Gasteiger partial charge in [0, 0.05) is 42.8 Å². The van der Waals surface area contributed by atoms with Gasteiger partial charge in [-0.25, -0.2) is 4.39 Å². The molecule has 1 fully saturated rings. The molecule has 0 bridgehead atoms. The molecule has 1 saturated heterocycles. The number of aryl methyl sites for hydroxylation is 1. The van der Waals surface area contributed by atoms with Gasteiger partial charge in [0.2, 0.25) is 6.19 Å². The number of carbonyl (C=O) groups is 2. The van der Waals surface area contributed by atoms with E-state index in [-0.39, 0.29) is 23.5 Å². The Kier molecular flexibility index (Phi) is 5.73. The third kappa shape index (κ3) is 3.73. The molecule has 1 aliphatic heterocycles. The number of fused-ring (bicyclic) bond motifs is 1. The van der Waals surface area contributed by atoms with E-state index in [9.17, 15) is 14.0 Å². The number of piperazine rings is 1. The van der Waals surface area contributed by atoms with Crippen molar-refractivity contribution in [3.8, 4) is 6.19 Å². The number of aromatic nitrogens is 1. The molecule has 8 heteroatoms. The number of nitriles is 1. The van der Waals surface area contributed by atoms with Crippen molar-refractivity contribution >= 4 is 28.4 Å². The molecule has 2 aromatic carbocycles. The lowest BCUT2D eigenvalue weighted by molar-refractivity contribution is -0.130. The summed E-state index contributed by atoms with van der Waals surface area (Å²) in [6, 6.07) is 12.0. The first-order valence-corrected chi connectivity index (χ1v) is 10.3. The zero-order valence-electron chi connectivity index (χ0n) is 17.8. The van der Waals surface area contributed by atoms with Crippen molar-refractivity contribution in [2.75, 3.05) is 19.6 Å². The van der Waals surface area contributed by atoms with E-state index in [1.807, 2.05) is 55.3 Å². The van der Waals surface area contributed by atoms with Gasteiger partial charge in [-0.1, -0.05) is 36.4 Å². The summed E-state index contributed by atoms with van der Waals surface area (Å²) in [5, 5.41) is 9.28. The summed E-state index contributed by atoms with van der Waals surface area (Å²) in [6.07, 6.45) is 3.25. The molecule has 0 spiro atoms. The lowest BCUT2D eigenvalue weighted by atomic mass is 10.0. The molecular weight excluding hydrogens is 409 g/mol. The van der Waals surface area contributed by atoms with Gasteiger partial charge in [0.05, 0.1) is 11.1 Å². The number of amidine groups is 1. The molecule has 2 heterocycles. The molecule has 0 saturated carbocycles. The fraction of sp³-hybridized carbons (Fsp3) is 0.250. The third-order valence-corrected chi connectivity index (χ3v) is 5.81. The van der Waals surface area contributed by atoms with Crippen LogP contribution in [0.25, 0.3) is 10.9 Å². The number of aromatic amines is 1. The van der Waals surface area contributed by atoms with Crippen LogP contribution in [0.4, 0.5) is 4.39 Å². The van der Waals surface area contributed by atoms with Gasteiger partial charge in [-0.2, -0.15) is 10.3 Å². The molecule has 7 nitrogen and oxygen atoms in total. The second-order valence-electron chi connectivity index (χ2n) is 7.84. The Morgan fingerprint density at radius 1 is 1.19 bits per heavy atom. The molecule has 32 heavy (non-hydrogen) atoms. The lowest BCUT2D eigenvalue weighted by Crippen LogP contribution is -2.57. The van der Waals surface area contributed by atoms with Crippen molar-refractivity contribution < 1.29 is 14.0 Å². The van der Waals surface area contributed by atoms with Gasteiger partial charge < -0.3 is 14.8 Å². The van der Waals surface area contributed by atoms with Crippen LogP contribution in [-0.4, -0.2) is 58.0 Å². The maximum Gasteiger partial charge on any atom is 0.295 e. The van der Waals surface area contributed by atoms with Crippen LogP contribution in [0.3, 0.4) is 0 Å². The minimum atomic E-state index is -0.741. The average molecular weight is 431 g/mol.